The van der Waals surface area contributed by atoms with Gasteiger partial charge in [-0.1, -0.05) is 93.7 Å². The molecule has 0 spiro atoms. The number of H-pyrrole nitrogens is 2. The van der Waals surface area contributed by atoms with E-state index >= 15 is 0 Å². The monoisotopic (exact) mass is 778 g/mol. The van der Waals surface area contributed by atoms with Gasteiger partial charge in [0.25, 0.3) is 0 Å². The summed E-state index contributed by atoms with van der Waals surface area (Å²) in [4.78, 5) is 31.1. The van der Waals surface area contributed by atoms with Crippen molar-refractivity contribution in [2.75, 3.05) is 20.8 Å². The summed E-state index contributed by atoms with van der Waals surface area (Å²) in [5, 5.41) is 13.3. The maximum Gasteiger partial charge on any atom is 0.337 e. The highest BCUT2D eigenvalue weighted by atomic mass is 16.5. The van der Waals surface area contributed by atoms with Gasteiger partial charge in [-0.3, -0.25) is 0 Å². The SMILES string of the molecule is C=CCOc1ccccc1-c1[nH]c2cc(C(=O)OC)ccc2c1C1CCCCC1.C=CCc1cccc(-c2[nH]c3cc(C(=O)OC)ccc3c2C2CCCCC2)c1O. The van der Waals surface area contributed by atoms with Crippen molar-refractivity contribution in [2.24, 2.45) is 0 Å². The average Bonchev–Trinajstić information content (AvgIpc) is 3.85. The smallest absolute Gasteiger partial charge is 0.337 e. The van der Waals surface area contributed by atoms with Crippen molar-refractivity contribution in [1.29, 1.82) is 0 Å². The second-order valence-electron chi connectivity index (χ2n) is 15.4. The largest absolute Gasteiger partial charge is 0.507 e. The lowest BCUT2D eigenvalue weighted by atomic mass is 9.81. The molecule has 6 aromatic rings. The number of fused-ring (bicyclic) bond motifs is 2. The molecule has 0 radical (unpaired) electrons. The van der Waals surface area contributed by atoms with Crippen LogP contribution in [0.25, 0.3) is 44.3 Å². The fraction of sp³-hybridized carbons (Fsp3) is 0.320. The van der Waals surface area contributed by atoms with Crippen molar-refractivity contribution in [3.05, 3.63) is 132 Å². The maximum absolute atomic E-state index is 12.0. The second kappa shape index (κ2) is 18.5. The minimum absolute atomic E-state index is 0.296. The lowest BCUT2D eigenvalue weighted by Crippen LogP contribution is -2.06. The van der Waals surface area contributed by atoms with Gasteiger partial charge in [0.2, 0.25) is 0 Å². The molecule has 8 rings (SSSR count). The lowest BCUT2D eigenvalue weighted by molar-refractivity contribution is 0.0592. The first-order chi connectivity index (χ1) is 28.4. The first-order valence-electron chi connectivity index (χ1n) is 20.6. The number of para-hydroxylation sites is 2. The van der Waals surface area contributed by atoms with Crippen LogP contribution in [0.15, 0.2) is 104 Å². The van der Waals surface area contributed by atoms with Crippen LogP contribution in [0.3, 0.4) is 0 Å². The van der Waals surface area contributed by atoms with Crippen LogP contribution in [-0.4, -0.2) is 47.8 Å². The quantitative estimate of drug-likeness (QED) is 0.0891. The Hall–Kier alpha value is -6.02. The Labute approximate surface area is 340 Å². The van der Waals surface area contributed by atoms with Crippen LogP contribution in [-0.2, 0) is 15.9 Å². The van der Waals surface area contributed by atoms with E-state index in [0.29, 0.717) is 41.7 Å². The number of rotatable bonds is 11. The third-order valence-electron chi connectivity index (χ3n) is 11.8. The van der Waals surface area contributed by atoms with Gasteiger partial charge in [-0.25, -0.2) is 9.59 Å². The van der Waals surface area contributed by atoms with Crippen molar-refractivity contribution in [3.63, 3.8) is 0 Å². The van der Waals surface area contributed by atoms with E-state index in [2.05, 4.69) is 35.3 Å². The molecular weight excluding hydrogens is 725 g/mol. The molecule has 3 N–H and O–H groups in total. The van der Waals surface area contributed by atoms with Gasteiger partial charge < -0.3 is 29.3 Å². The number of methoxy groups -OCH3 is 2. The molecule has 0 atom stereocenters. The number of carbonyl (C=O) groups excluding carboxylic acids is 2. The van der Waals surface area contributed by atoms with E-state index in [0.717, 1.165) is 63.1 Å². The number of aromatic amines is 2. The van der Waals surface area contributed by atoms with Gasteiger partial charge in [0.05, 0.1) is 36.7 Å². The van der Waals surface area contributed by atoms with Crippen LogP contribution in [0.2, 0.25) is 0 Å². The summed E-state index contributed by atoms with van der Waals surface area (Å²) >= 11 is 0. The number of hydrogen-bond donors (Lipinski definition) is 3. The van der Waals surface area contributed by atoms with E-state index in [1.807, 2.05) is 66.7 Å². The van der Waals surface area contributed by atoms with Crippen LogP contribution < -0.4 is 4.74 Å². The second-order valence-corrected chi connectivity index (χ2v) is 15.4. The molecule has 2 saturated carbocycles. The fourth-order valence-corrected chi connectivity index (χ4v) is 9.04. The molecule has 0 unspecified atom stereocenters. The van der Waals surface area contributed by atoms with E-state index in [4.69, 9.17) is 14.2 Å². The molecule has 0 amide bonds. The van der Waals surface area contributed by atoms with Crippen LogP contribution >= 0.6 is 0 Å². The van der Waals surface area contributed by atoms with Crippen LogP contribution in [0.5, 0.6) is 11.5 Å². The minimum Gasteiger partial charge on any atom is -0.507 e. The van der Waals surface area contributed by atoms with Crippen molar-refractivity contribution >= 4 is 33.7 Å². The summed E-state index contributed by atoms with van der Waals surface area (Å²) in [6, 6.07) is 25.5. The van der Waals surface area contributed by atoms with Gasteiger partial charge in [-0.2, -0.15) is 0 Å². The predicted molar refractivity (Wildman–Crippen MR) is 233 cm³/mol. The fourth-order valence-electron chi connectivity index (χ4n) is 9.04. The summed E-state index contributed by atoms with van der Waals surface area (Å²) in [7, 11) is 2.80. The molecule has 2 fully saturated rings. The van der Waals surface area contributed by atoms with Gasteiger partial charge in [-0.05, 0) is 103 Å². The number of benzene rings is 4. The third-order valence-corrected chi connectivity index (χ3v) is 11.8. The molecule has 0 saturated heterocycles. The van der Waals surface area contributed by atoms with Crippen molar-refractivity contribution in [1.82, 2.24) is 9.97 Å². The zero-order chi connectivity index (χ0) is 40.6. The molecule has 300 valence electrons. The van der Waals surface area contributed by atoms with Crippen LogP contribution in [0.1, 0.15) is 113 Å². The topological polar surface area (TPSA) is 114 Å². The Morgan fingerprint density at radius 1 is 0.672 bits per heavy atom. The number of ether oxygens (including phenoxy) is 3. The Morgan fingerprint density at radius 3 is 1.71 bits per heavy atom. The van der Waals surface area contributed by atoms with Crippen molar-refractivity contribution < 1.29 is 28.9 Å². The van der Waals surface area contributed by atoms with E-state index in [1.165, 1.54) is 82.1 Å². The molecule has 8 heteroatoms. The maximum atomic E-state index is 12.0. The number of aromatic hydroxyl groups is 1. The number of phenolic OH excluding ortho intramolecular Hbond substituents is 1. The number of aromatic nitrogens is 2. The Kier molecular flexibility index (Phi) is 12.8. The van der Waals surface area contributed by atoms with E-state index < -0.39 is 0 Å². The third kappa shape index (κ3) is 8.33. The first-order valence-corrected chi connectivity index (χ1v) is 20.6. The van der Waals surface area contributed by atoms with Crippen LogP contribution in [0, 0.1) is 0 Å². The van der Waals surface area contributed by atoms with Gasteiger partial charge >= 0.3 is 11.9 Å². The molecule has 2 aliphatic carbocycles. The number of esters is 2. The van der Waals surface area contributed by atoms with Gasteiger partial charge in [0, 0.05) is 32.9 Å². The number of hydrogen-bond acceptors (Lipinski definition) is 6. The van der Waals surface area contributed by atoms with E-state index in [1.54, 1.807) is 12.2 Å². The molecule has 2 aliphatic rings. The highest BCUT2D eigenvalue weighted by Gasteiger charge is 2.27. The Bertz CT molecular complexity index is 2420. The van der Waals surface area contributed by atoms with E-state index in [9.17, 15) is 14.7 Å². The Morgan fingerprint density at radius 2 is 1.19 bits per heavy atom. The minimum atomic E-state index is -0.349. The Balaban J connectivity index is 0.000000177. The molecular formula is C50H54N2O6. The normalized spacial score (nSPS) is 14.7. The molecule has 4 aromatic carbocycles. The predicted octanol–water partition coefficient (Wildman–Crippen LogP) is 12.3. The molecule has 58 heavy (non-hydrogen) atoms. The van der Waals surface area contributed by atoms with Gasteiger partial charge in [0.15, 0.2) is 0 Å². The van der Waals surface area contributed by atoms with Crippen molar-refractivity contribution in [2.45, 2.75) is 82.5 Å². The summed E-state index contributed by atoms with van der Waals surface area (Å²) in [6.45, 7) is 8.02. The number of phenols is 1. The zero-order valence-electron chi connectivity index (χ0n) is 33.7. The number of nitrogens with one attached hydrogen (secondary N) is 2. The summed E-state index contributed by atoms with van der Waals surface area (Å²) in [6.07, 6.45) is 16.4. The summed E-state index contributed by atoms with van der Waals surface area (Å²) in [5.74, 6) is 1.41. The average molecular weight is 779 g/mol. The summed E-state index contributed by atoms with van der Waals surface area (Å²) in [5.41, 5.74) is 10.3. The van der Waals surface area contributed by atoms with Gasteiger partial charge in [0.1, 0.15) is 18.1 Å². The first kappa shape index (κ1) is 40.2. The highest BCUT2D eigenvalue weighted by molar-refractivity contribution is 6.00. The van der Waals surface area contributed by atoms with Gasteiger partial charge in [-0.15, -0.1) is 6.58 Å². The highest BCUT2D eigenvalue weighted by Crippen LogP contribution is 2.46. The molecule has 2 aromatic heterocycles. The number of allylic oxidation sites excluding steroid dienone is 1. The molecule has 0 bridgehead atoms. The molecule has 0 aliphatic heterocycles. The lowest BCUT2D eigenvalue weighted by Gasteiger charge is -2.23. The standard InChI is InChI=1S/2C25H27NO3/c1-3-15-29-22-12-8-7-11-20(22)24-23(17-9-5-4-6-10-17)19-14-13-18(25(27)28-2)16-21(19)26-24;1-3-8-17-11-7-12-20(24(17)27)23-22(16-9-5-4-6-10-16)19-14-13-18(25(28)29-2)15-21(19)26-23/h3,7-8,11-14,16-17,26H,1,4-6,9-10,15H2,2H3;3,7,11-16,26-27H,1,4-6,8-10H2,2H3. The molecule has 2 heterocycles. The van der Waals surface area contributed by atoms with Crippen molar-refractivity contribution in [3.8, 4) is 34.0 Å². The number of carbonyl (C=O) groups is 2. The van der Waals surface area contributed by atoms with Crippen LogP contribution in [0.4, 0.5) is 0 Å². The van der Waals surface area contributed by atoms with E-state index in [-0.39, 0.29) is 11.9 Å². The molecule has 8 nitrogen and oxygen atoms in total. The summed E-state index contributed by atoms with van der Waals surface area (Å²) < 4.78 is 15.7. The zero-order valence-corrected chi connectivity index (χ0v) is 33.7.